The van der Waals surface area contributed by atoms with Gasteiger partial charge in [-0.3, -0.25) is 0 Å². The molecule has 3 N–H and O–H groups in total. The molecular formula is C12H20N2O2. The van der Waals surface area contributed by atoms with Crippen molar-refractivity contribution in [3.05, 3.63) is 29.8 Å². The van der Waals surface area contributed by atoms with Crippen molar-refractivity contribution in [2.45, 2.75) is 12.6 Å². The van der Waals surface area contributed by atoms with E-state index in [-0.39, 0.29) is 6.61 Å². The van der Waals surface area contributed by atoms with Gasteiger partial charge in [-0.1, -0.05) is 12.1 Å². The van der Waals surface area contributed by atoms with E-state index >= 15 is 0 Å². The first-order valence-electron chi connectivity index (χ1n) is 5.39. The number of anilines is 1. The maximum absolute atomic E-state index is 9.13. The predicted octanol–water partition coefficient (Wildman–Crippen LogP) is 0.195. The van der Waals surface area contributed by atoms with Crippen LogP contribution in [0.4, 0.5) is 5.69 Å². The van der Waals surface area contributed by atoms with E-state index in [1.54, 1.807) is 0 Å². The highest BCUT2D eigenvalue weighted by atomic mass is 16.3. The molecule has 0 radical (unpaired) electrons. The van der Waals surface area contributed by atoms with Crippen LogP contribution in [0.2, 0.25) is 0 Å². The molecule has 1 aromatic rings. The fraction of sp³-hybridized carbons (Fsp3) is 0.500. The second kappa shape index (κ2) is 6.48. The first kappa shape index (κ1) is 13.0. The van der Waals surface area contributed by atoms with Gasteiger partial charge >= 0.3 is 0 Å². The molecule has 16 heavy (non-hydrogen) atoms. The van der Waals surface area contributed by atoms with Crippen LogP contribution in [0.25, 0.3) is 0 Å². The number of benzene rings is 1. The highest BCUT2D eigenvalue weighted by Crippen LogP contribution is 2.11. The minimum atomic E-state index is -0.680. The third-order valence-electron chi connectivity index (χ3n) is 2.37. The Bertz CT molecular complexity index is 298. The monoisotopic (exact) mass is 224 g/mol. The summed E-state index contributed by atoms with van der Waals surface area (Å²) in [6.07, 6.45) is -0.680. The van der Waals surface area contributed by atoms with Crippen LogP contribution < -0.4 is 10.2 Å². The zero-order chi connectivity index (χ0) is 12.0. The fourth-order valence-electron chi connectivity index (χ4n) is 1.36. The van der Waals surface area contributed by atoms with Gasteiger partial charge in [-0.15, -0.1) is 0 Å². The number of nitrogens with zero attached hydrogens (tertiary/aromatic N) is 1. The Labute approximate surface area is 96.5 Å². The Morgan fingerprint density at radius 2 is 1.88 bits per heavy atom. The molecule has 0 aliphatic heterocycles. The molecule has 0 fully saturated rings. The van der Waals surface area contributed by atoms with Gasteiger partial charge in [0.2, 0.25) is 0 Å². The summed E-state index contributed by atoms with van der Waals surface area (Å²) in [5, 5.41) is 20.8. The van der Waals surface area contributed by atoms with Gasteiger partial charge in [0.1, 0.15) is 0 Å². The lowest BCUT2D eigenvalue weighted by atomic mass is 10.2. The SMILES string of the molecule is CN(C)c1ccc(CNC[C@@H](O)CO)cc1. The van der Waals surface area contributed by atoms with E-state index in [2.05, 4.69) is 17.4 Å². The molecular weight excluding hydrogens is 204 g/mol. The first-order chi connectivity index (χ1) is 7.63. The van der Waals surface area contributed by atoms with E-state index in [9.17, 15) is 0 Å². The number of rotatable bonds is 6. The number of aliphatic hydroxyl groups is 2. The summed E-state index contributed by atoms with van der Waals surface area (Å²) in [5.41, 5.74) is 2.33. The Balaban J connectivity index is 2.38. The van der Waals surface area contributed by atoms with Gasteiger partial charge in [-0.25, -0.2) is 0 Å². The van der Waals surface area contributed by atoms with Crippen molar-refractivity contribution in [2.24, 2.45) is 0 Å². The van der Waals surface area contributed by atoms with Gasteiger partial charge in [-0.2, -0.15) is 0 Å². The van der Waals surface area contributed by atoms with E-state index in [0.717, 1.165) is 5.56 Å². The number of hydrogen-bond donors (Lipinski definition) is 3. The quantitative estimate of drug-likeness (QED) is 0.646. The molecule has 0 aliphatic rings. The molecule has 90 valence electrons. The maximum atomic E-state index is 9.13. The van der Waals surface area contributed by atoms with Gasteiger partial charge in [-0.05, 0) is 17.7 Å². The van der Waals surface area contributed by atoms with Crippen LogP contribution in [0.15, 0.2) is 24.3 Å². The van der Waals surface area contributed by atoms with E-state index in [1.807, 2.05) is 31.1 Å². The molecule has 0 aromatic heterocycles. The minimum absolute atomic E-state index is 0.202. The van der Waals surface area contributed by atoms with Crippen LogP contribution in [-0.4, -0.2) is 43.6 Å². The lowest BCUT2D eigenvalue weighted by molar-refractivity contribution is 0.0942. The van der Waals surface area contributed by atoms with Crippen molar-refractivity contribution in [3.63, 3.8) is 0 Å². The average molecular weight is 224 g/mol. The summed E-state index contributed by atoms with van der Waals surface area (Å²) in [7, 11) is 4.01. The van der Waals surface area contributed by atoms with Crippen molar-refractivity contribution < 1.29 is 10.2 Å². The van der Waals surface area contributed by atoms with Crippen molar-refractivity contribution >= 4 is 5.69 Å². The van der Waals surface area contributed by atoms with Crippen LogP contribution in [-0.2, 0) is 6.54 Å². The van der Waals surface area contributed by atoms with Crippen molar-refractivity contribution in [1.82, 2.24) is 5.32 Å². The molecule has 0 amide bonds. The second-order valence-electron chi connectivity index (χ2n) is 4.03. The van der Waals surface area contributed by atoms with Crippen LogP contribution in [0.5, 0.6) is 0 Å². The molecule has 4 heteroatoms. The molecule has 0 bridgehead atoms. The van der Waals surface area contributed by atoms with Crippen LogP contribution in [0, 0.1) is 0 Å². The van der Waals surface area contributed by atoms with Crippen molar-refractivity contribution in [3.8, 4) is 0 Å². The Morgan fingerprint density at radius 3 is 2.38 bits per heavy atom. The molecule has 0 saturated carbocycles. The molecule has 0 unspecified atom stereocenters. The smallest absolute Gasteiger partial charge is 0.0895 e. The second-order valence-corrected chi connectivity index (χ2v) is 4.03. The number of hydrogen-bond acceptors (Lipinski definition) is 4. The molecule has 0 aliphatic carbocycles. The van der Waals surface area contributed by atoms with Crippen molar-refractivity contribution in [1.29, 1.82) is 0 Å². The normalized spacial score (nSPS) is 12.5. The summed E-state index contributed by atoms with van der Waals surface area (Å²) in [6, 6.07) is 8.21. The lowest BCUT2D eigenvalue weighted by Crippen LogP contribution is -2.28. The van der Waals surface area contributed by atoms with Crippen LogP contribution in [0.3, 0.4) is 0 Å². The third-order valence-corrected chi connectivity index (χ3v) is 2.37. The molecule has 1 aromatic carbocycles. The highest BCUT2D eigenvalue weighted by molar-refractivity contribution is 5.45. The lowest BCUT2D eigenvalue weighted by Gasteiger charge is -2.13. The summed E-state index contributed by atoms with van der Waals surface area (Å²) in [6.45, 7) is 0.906. The molecule has 0 heterocycles. The average Bonchev–Trinajstić information content (AvgIpc) is 2.29. The Morgan fingerprint density at radius 1 is 1.25 bits per heavy atom. The predicted molar refractivity (Wildman–Crippen MR) is 65.6 cm³/mol. The zero-order valence-corrected chi connectivity index (χ0v) is 9.85. The molecule has 4 nitrogen and oxygen atoms in total. The van der Waals surface area contributed by atoms with Gasteiger partial charge < -0.3 is 20.4 Å². The largest absolute Gasteiger partial charge is 0.394 e. The Kier molecular flexibility index (Phi) is 5.25. The summed E-state index contributed by atoms with van der Waals surface area (Å²) in [4.78, 5) is 2.05. The summed E-state index contributed by atoms with van der Waals surface area (Å²) in [5.74, 6) is 0. The molecule has 1 atom stereocenters. The number of nitrogens with one attached hydrogen (secondary N) is 1. The van der Waals surface area contributed by atoms with Gasteiger partial charge in [0.05, 0.1) is 12.7 Å². The number of aliphatic hydroxyl groups excluding tert-OH is 2. The topological polar surface area (TPSA) is 55.7 Å². The summed E-state index contributed by atoms with van der Waals surface area (Å²) >= 11 is 0. The van der Waals surface area contributed by atoms with Crippen LogP contribution >= 0.6 is 0 Å². The summed E-state index contributed by atoms with van der Waals surface area (Å²) < 4.78 is 0. The van der Waals surface area contributed by atoms with E-state index in [4.69, 9.17) is 10.2 Å². The van der Waals surface area contributed by atoms with Gasteiger partial charge in [0.25, 0.3) is 0 Å². The Hall–Kier alpha value is -1.10. The highest BCUT2D eigenvalue weighted by Gasteiger charge is 2.01. The van der Waals surface area contributed by atoms with E-state index in [0.29, 0.717) is 13.1 Å². The van der Waals surface area contributed by atoms with E-state index < -0.39 is 6.10 Å². The van der Waals surface area contributed by atoms with Gasteiger partial charge in [0.15, 0.2) is 0 Å². The minimum Gasteiger partial charge on any atom is -0.394 e. The zero-order valence-electron chi connectivity index (χ0n) is 9.85. The van der Waals surface area contributed by atoms with E-state index in [1.165, 1.54) is 5.69 Å². The molecule has 0 spiro atoms. The van der Waals surface area contributed by atoms with Crippen molar-refractivity contribution in [2.75, 3.05) is 32.1 Å². The standard InChI is InChI=1S/C12H20N2O2/c1-14(2)11-5-3-10(4-6-11)7-13-8-12(16)9-15/h3-6,12-13,15-16H,7-9H2,1-2H3/t12-/m1/s1. The third kappa shape index (κ3) is 4.18. The molecule has 1 rings (SSSR count). The van der Waals surface area contributed by atoms with Crippen LogP contribution in [0.1, 0.15) is 5.56 Å². The fourth-order valence-corrected chi connectivity index (χ4v) is 1.36. The maximum Gasteiger partial charge on any atom is 0.0895 e. The molecule has 0 saturated heterocycles. The first-order valence-corrected chi connectivity index (χ1v) is 5.39. The van der Waals surface area contributed by atoms with Gasteiger partial charge in [0, 0.05) is 32.9 Å².